The maximum atomic E-state index is 13.4. The van der Waals surface area contributed by atoms with Crippen LogP contribution in [-0.4, -0.2) is 42.7 Å². The van der Waals surface area contributed by atoms with E-state index >= 15 is 0 Å². The number of aldehydes is 1. The standard InChI is InChI=1S/C14H8FO3.C5H11N.K/c15-13-6-11(5-12(8-17)14(13)18)10-3-1-2-9(4-10)7-16;1-4-6(3)5-2;/h1-6,8,18H;1-2,4-5H2,3H3;/q-1;-2;+1. The first-order chi connectivity index (χ1) is 11.5. The van der Waals surface area contributed by atoms with Crippen LogP contribution in [0.25, 0.3) is 11.1 Å². The Morgan fingerprint density at radius 2 is 1.84 bits per heavy atom. The van der Waals surface area contributed by atoms with E-state index in [1.807, 2.05) is 11.9 Å². The van der Waals surface area contributed by atoms with Gasteiger partial charge in [0.05, 0.1) is 11.8 Å². The summed E-state index contributed by atoms with van der Waals surface area (Å²) in [6.45, 7) is 8.99. The smallest absolute Gasteiger partial charge is 0.504 e. The number of rotatable bonds is 5. The Labute approximate surface area is 190 Å². The molecule has 0 bridgehead atoms. The molecular weight excluding hydrogens is 348 g/mol. The molecule has 25 heavy (non-hydrogen) atoms. The van der Waals surface area contributed by atoms with Crippen LogP contribution >= 0.6 is 0 Å². The van der Waals surface area contributed by atoms with E-state index in [4.69, 9.17) is 0 Å². The van der Waals surface area contributed by atoms with E-state index in [1.165, 1.54) is 12.1 Å². The van der Waals surface area contributed by atoms with Gasteiger partial charge in [-0.1, -0.05) is 11.6 Å². The number of carbonyl (C=O) groups excluding carboxylic acids is 2. The van der Waals surface area contributed by atoms with Gasteiger partial charge in [0.25, 0.3) is 0 Å². The molecule has 2 aromatic carbocycles. The summed E-state index contributed by atoms with van der Waals surface area (Å²) in [5.41, 5.74) is 1.17. The average molecular weight is 367 g/mol. The van der Waals surface area contributed by atoms with Gasteiger partial charge in [-0.25, -0.2) is 4.39 Å². The Morgan fingerprint density at radius 1 is 1.20 bits per heavy atom. The van der Waals surface area contributed by atoms with Crippen molar-refractivity contribution < 1.29 is 70.5 Å². The Morgan fingerprint density at radius 3 is 2.32 bits per heavy atom. The number of benzene rings is 2. The fourth-order valence-corrected chi connectivity index (χ4v) is 1.75. The van der Waals surface area contributed by atoms with Crippen molar-refractivity contribution in [3.05, 3.63) is 67.2 Å². The van der Waals surface area contributed by atoms with E-state index in [1.54, 1.807) is 24.5 Å². The summed E-state index contributed by atoms with van der Waals surface area (Å²) in [5, 5.41) is 9.30. The second-order valence-electron chi connectivity index (χ2n) is 5.00. The summed E-state index contributed by atoms with van der Waals surface area (Å²) < 4.78 is 13.4. The zero-order valence-corrected chi connectivity index (χ0v) is 17.6. The van der Waals surface area contributed by atoms with Crippen molar-refractivity contribution in [2.45, 2.75) is 0 Å². The Bertz CT molecular complexity index is 703. The number of hydrogen-bond acceptors (Lipinski definition) is 4. The maximum absolute atomic E-state index is 13.4. The van der Waals surface area contributed by atoms with Gasteiger partial charge in [-0.05, 0) is 24.7 Å². The number of phenolic OH excluding ortho intramolecular Hbond substituents is 1. The van der Waals surface area contributed by atoms with Crippen LogP contribution in [0.4, 0.5) is 4.39 Å². The van der Waals surface area contributed by atoms with Crippen molar-refractivity contribution in [3.8, 4) is 16.9 Å². The third-order valence-corrected chi connectivity index (χ3v) is 3.30. The predicted molar refractivity (Wildman–Crippen MR) is 91.9 cm³/mol. The molecule has 6 heteroatoms. The molecule has 0 spiro atoms. The van der Waals surface area contributed by atoms with Crippen LogP contribution in [0.15, 0.2) is 36.4 Å². The van der Waals surface area contributed by atoms with Gasteiger partial charge in [0.1, 0.15) is 0 Å². The molecule has 0 saturated heterocycles. The van der Waals surface area contributed by atoms with Crippen LogP contribution in [-0.2, 0) is 4.79 Å². The minimum absolute atomic E-state index is 0. The van der Waals surface area contributed by atoms with Gasteiger partial charge in [0.15, 0.2) is 17.9 Å². The average Bonchev–Trinajstić information content (AvgIpc) is 2.63. The third kappa shape index (κ3) is 7.48. The molecule has 0 unspecified atom stereocenters. The molecule has 0 radical (unpaired) electrons. The molecular formula is C19H19FKNO3-2. The summed E-state index contributed by atoms with van der Waals surface area (Å²) in [6, 6.07) is 8.84. The molecule has 0 aliphatic heterocycles. The van der Waals surface area contributed by atoms with Gasteiger partial charge in [-0.2, -0.15) is 17.7 Å². The van der Waals surface area contributed by atoms with Crippen LogP contribution in [0, 0.1) is 19.7 Å². The number of nitrogens with zero attached hydrogens (tertiary/aromatic N) is 1. The van der Waals surface area contributed by atoms with E-state index in [-0.39, 0.29) is 56.9 Å². The molecule has 2 rings (SSSR count). The number of halogens is 1. The summed E-state index contributed by atoms with van der Waals surface area (Å²) >= 11 is 0. The second-order valence-corrected chi connectivity index (χ2v) is 5.00. The number of phenols is 1. The predicted octanol–water partition coefficient (Wildman–Crippen LogP) is 0.0590. The van der Waals surface area contributed by atoms with Crippen molar-refractivity contribution in [1.82, 2.24) is 4.90 Å². The molecule has 0 fully saturated rings. The molecule has 1 N–H and O–H groups in total. The first kappa shape index (κ1) is 24.1. The zero-order chi connectivity index (χ0) is 18.1. The molecule has 128 valence electrons. The summed E-state index contributed by atoms with van der Waals surface area (Å²) in [6.07, 6.45) is 2.10. The van der Waals surface area contributed by atoms with E-state index in [9.17, 15) is 19.1 Å². The topological polar surface area (TPSA) is 57.6 Å². The van der Waals surface area contributed by atoms with Crippen molar-refractivity contribution in [1.29, 1.82) is 0 Å². The van der Waals surface area contributed by atoms with Gasteiger partial charge < -0.3 is 28.6 Å². The number of carbonyl (C=O) groups is 1. The minimum Gasteiger partial charge on any atom is -0.504 e. The quantitative estimate of drug-likeness (QED) is 0.461. The normalized spacial score (nSPS) is 9.64. The summed E-state index contributed by atoms with van der Waals surface area (Å²) in [5.74, 6) is -1.55. The van der Waals surface area contributed by atoms with Crippen molar-refractivity contribution in [2.24, 2.45) is 0 Å². The Kier molecular flexibility index (Phi) is 12.0. The fourth-order valence-electron chi connectivity index (χ4n) is 1.75. The van der Waals surface area contributed by atoms with Gasteiger partial charge in [0.2, 0.25) is 0 Å². The van der Waals surface area contributed by atoms with Crippen LogP contribution in [0.1, 0.15) is 15.9 Å². The summed E-state index contributed by atoms with van der Waals surface area (Å²) in [4.78, 5) is 23.3. The van der Waals surface area contributed by atoms with E-state index < -0.39 is 11.6 Å². The largest absolute Gasteiger partial charge is 1.00 e. The fraction of sp³-hybridized carbons (Fsp3) is 0.158. The maximum Gasteiger partial charge on any atom is 1.00 e. The first-order valence-electron chi connectivity index (χ1n) is 7.20. The van der Waals surface area contributed by atoms with E-state index in [0.717, 1.165) is 19.2 Å². The molecule has 0 heterocycles. The molecule has 0 amide bonds. The van der Waals surface area contributed by atoms with E-state index in [2.05, 4.69) is 13.8 Å². The summed E-state index contributed by atoms with van der Waals surface area (Å²) in [7, 11) is 1.99. The molecule has 0 aliphatic carbocycles. The van der Waals surface area contributed by atoms with Crippen LogP contribution in [0.5, 0.6) is 5.75 Å². The molecule has 0 saturated carbocycles. The first-order valence-corrected chi connectivity index (χ1v) is 7.20. The zero-order valence-electron chi connectivity index (χ0n) is 14.5. The van der Waals surface area contributed by atoms with Gasteiger partial charge in [-0.3, -0.25) is 4.79 Å². The van der Waals surface area contributed by atoms with Gasteiger partial charge >= 0.3 is 51.4 Å². The minimum atomic E-state index is -0.880. The van der Waals surface area contributed by atoms with Crippen LogP contribution in [0.2, 0.25) is 0 Å². The number of aromatic hydroxyl groups is 1. The molecule has 0 aromatic heterocycles. The number of hydrogen-bond donors (Lipinski definition) is 1. The van der Waals surface area contributed by atoms with E-state index in [0.29, 0.717) is 23.0 Å². The van der Waals surface area contributed by atoms with Crippen molar-refractivity contribution in [2.75, 3.05) is 20.1 Å². The Balaban J connectivity index is 0.000000715. The van der Waals surface area contributed by atoms with Crippen LogP contribution < -0.4 is 51.4 Å². The monoisotopic (exact) mass is 367 g/mol. The SMILES string of the molecule is O=[C-]c1cccc(-c2cc(F)c(O)c(C=O)c2)c1.[CH2-]CN(C)C[CH2-].[K+]. The second kappa shape index (κ2) is 12.5. The molecule has 2 aromatic rings. The molecule has 0 atom stereocenters. The molecule has 0 aliphatic rings. The van der Waals surface area contributed by atoms with Gasteiger partial charge in [-0.15, -0.1) is 19.2 Å². The third-order valence-electron chi connectivity index (χ3n) is 3.30. The Hall–Kier alpha value is -0.894. The van der Waals surface area contributed by atoms with Crippen molar-refractivity contribution >= 4 is 12.6 Å². The van der Waals surface area contributed by atoms with Crippen LogP contribution in [0.3, 0.4) is 0 Å². The molecule has 4 nitrogen and oxygen atoms in total. The van der Waals surface area contributed by atoms with Gasteiger partial charge in [0, 0.05) is 0 Å². The van der Waals surface area contributed by atoms with Crippen molar-refractivity contribution in [3.63, 3.8) is 0 Å².